The molecule has 0 spiro atoms. The van der Waals surface area contributed by atoms with E-state index in [1.54, 1.807) is 0 Å². The van der Waals surface area contributed by atoms with Crippen molar-refractivity contribution in [2.45, 2.75) is 0 Å². The zero-order valence-corrected chi connectivity index (χ0v) is 7.53. The van der Waals surface area contributed by atoms with Crippen LogP contribution < -0.4 is 0 Å². The summed E-state index contributed by atoms with van der Waals surface area (Å²) in [6, 6.07) is 0. The van der Waals surface area contributed by atoms with Crippen LogP contribution in [0.5, 0.6) is 0 Å². The molecule has 0 saturated heterocycles. The van der Waals surface area contributed by atoms with Gasteiger partial charge in [-0.15, -0.1) is 0 Å². The van der Waals surface area contributed by atoms with Crippen LogP contribution in [-0.4, -0.2) is 0 Å². The summed E-state index contributed by atoms with van der Waals surface area (Å²) < 4.78 is 1.17. The normalized spacial score (nSPS) is 9.00. The number of hydrogen-bond acceptors (Lipinski definition) is 0. The van der Waals surface area contributed by atoms with Crippen molar-refractivity contribution in [2.75, 3.05) is 0 Å². The van der Waals surface area contributed by atoms with E-state index in [4.69, 9.17) is 0 Å². The minimum Gasteiger partial charge on any atom is -0.0586 e. The second kappa shape index (κ2) is 3.14. The number of halogens is 3. The fourth-order valence-electron chi connectivity index (χ4n) is 0. The predicted molar refractivity (Wildman–Crippen MR) is 40.2 cm³/mol. The second-order valence-corrected chi connectivity index (χ2v) is 8.19. The van der Waals surface area contributed by atoms with Crippen molar-refractivity contribution in [3.8, 4) is 0 Å². The minimum atomic E-state index is 1.17. The third-order valence-electron chi connectivity index (χ3n) is 0. The zero-order valence-electron chi connectivity index (χ0n) is 1.63. The zero-order chi connectivity index (χ0) is 3.58. The first-order valence-corrected chi connectivity index (χ1v) is 3.52. The molecule has 0 nitrogen and oxygen atoms in total. The molecule has 0 aliphatic carbocycles. The summed E-state index contributed by atoms with van der Waals surface area (Å²) in [6.45, 7) is 0. The Balaban J connectivity index is 2.32. The lowest BCUT2D eigenvalue weighted by molar-refractivity contribution is 2.90. The van der Waals surface area contributed by atoms with E-state index in [-0.39, 0.29) is 0 Å². The summed E-state index contributed by atoms with van der Waals surface area (Å²) in [5.74, 6) is 0. The van der Waals surface area contributed by atoms with Crippen molar-refractivity contribution >= 4 is 61.1 Å². The molecule has 0 heterocycles. The maximum atomic E-state index is 3.16. The van der Waals surface area contributed by atoms with E-state index >= 15 is 0 Å². The molecule has 0 aromatic carbocycles. The first-order valence-electron chi connectivity index (χ1n) is 0.567. The van der Waals surface area contributed by atoms with Gasteiger partial charge in [-0.05, 0) is 0 Å². The molecule has 0 amide bonds. The van der Waals surface area contributed by atoms with Gasteiger partial charge in [0.25, 0.3) is 0 Å². The summed E-state index contributed by atoms with van der Waals surface area (Å²) >= 11 is 7.49. The summed E-state index contributed by atoms with van der Waals surface area (Å²) in [7, 11) is 0. The Morgan fingerprint density at radius 2 is 1.50 bits per heavy atom. The van der Waals surface area contributed by atoms with Crippen molar-refractivity contribution in [1.29, 1.82) is 0 Å². The smallest absolute Gasteiger partial charge is 0.0586 e. The van der Waals surface area contributed by atoms with Gasteiger partial charge in [0.2, 0.25) is 0 Å². The van der Waals surface area contributed by atoms with Gasteiger partial charge in [0, 0.05) is 0 Å². The molecule has 0 aliphatic heterocycles. The molecule has 4 heavy (non-hydrogen) atoms. The molecule has 3 heteroatoms. The van der Waals surface area contributed by atoms with Crippen molar-refractivity contribution in [3.05, 3.63) is 0.841 Å². The van der Waals surface area contributed by atoms with Crippen LogP contribution in [-0.2, 0) is 0 Å². The maximum Gasteiger partial charge on any atom is 0.161 e. The molecule has 0 unspecified atom stereocenters. The molecule has 0 rings (SSSR count). The summed E-state index contributed by atoms with van der Waals surface area (Å²) in [5, 5.41) is 0. The van der Waals surface area contributed by atoms with Crippen molar-refractivity contribution in [1.82, 2.24) is 0 Å². The molecule has 0 bridgehead atoms. The number of rotatable bonds is 0. The SMILES string of the molecule is Br[C](I)I. The largest absolute Gasteiger partial charge is 0.161 e. The Bertz CT molecular complexity index is 10.8. The van der Waals surface area contributed by atoms with Gasteiger partial charge in [-0.2, -0.15) is 0 Å². The lowest BCUT2D eigenvalue weighted by atomic mass is 12.0. The lowest BCUT2D eigenvalue weighted by Gasteiger charge is -1.68. The third-order valence-corrected chi connectivity index (χ3v) is 0. The summed E-state index contributed by atoms with van der Waals surface area (Å²) in [6.07, 6.45) is 0. The van der Waals surface area contributed by atoms with Gasteiger partial charge in [0.05, 0.1) is 0 Å². The van der Waals surface area contributed by atoms with Gasteiger partial charge in [0.1, 0.15) is 0 Å². The van der Waals surface area contributed by atoms with Gasteiger partial charge in [-0.1, -0.05) is 61.1 Å². The average molecular weight is 346 g/mol. The van der Waals surface area contributed by atoms with Crippen LogP contribution in [0.4, 0.5) is 0 Å². The Morgan fingerprint density at radius 1 is 1.50 bits per heavy atom. The molecule has 0 fully saturated rings. The summed E-state index contributed by atoms with van der Waals surface area (Å²) in [5.41, 5.74) is 0. The third kappa shape index (κ3) is 9.05. The fraction of sp³-hybridized carbons (Fsp3) is 0. The molecule has 0 N–H and O–H groups in total. The Kier molecular flexibility index (Phi) is 4.67. The van der Waals surface area contributed by atoms with Gasteiger partial charge < -0.3 is 0 Å². The summed E-state index contributed by atoms with van der Waals surface area (Å²) in [4.78, 5) is 0. The van der Waals surface area contributed by atoms with Gasteiger partial charge >= 0.3 is 0 Å². The van der Waals surface area contributed by atoms with Crippen LogP contribution in [0.2, 0.25) is 0 Å². The molecule has 25 valence electrons. The average Bonchev–Trinajstić information content (AvgIpc) is 0.811. The molecule has 0 aromatic heterocycles. The van der Waals surface area contributed by atoms with Crippen LogP contribution in [0.25, 0.3) is 0 Å². The van der Waals surface area contributed by atoms with E-state index in [2.05, 4.69) is 61.1 Å². The highest BCUT2D eigenvalue weighted by Crippen LogP contribution is 2.25. The van der Waals surface area contributed by atoms with Gasteiger partial charge in [-0.3, -0.25) is 0 Å². The van der Waals surface area contributed by atoms with E-state index in [9.17, 15) is 0 Å². The monoisotopic (exact) mass is 345 g/mol. The topological polar surface area (TPSA) is 0 Å². The van der Waals surface area contributed by atoms with E-state index in [0.29, 0.717) is 0 Å². The molecular formula is CBrI2. The van der Waals surface area contributed by atoms with Gasteiger partial charge in [0.15, 0.2) is 0.841 Å². The van der Waals surface area contributed by atoms with E-state index in [1.807, 2.05) is 0 Å². The maximum absolute atomic E-state index is 3.16. The number of hydrogen-bond donors (Lipinski definition) is 0. The molecule has 0 aromatic rings. The molecule has 0 aliphatic rings. The van der Waals surface area contributed by atoms with Crippen LogP contribution in [0, 0.1) is 0.841 Å². The fourth-order valence-corrected chi connectivity index (χ4v) is 0. The Morgan fingerprint density at radius 3 is 1.50 bits per heavy atom. The van der Waals surface area contributed by atoms with Gasteiger partial charge in [-0.25, -0.2) is 0 Å². The van der Waals surface area contributed by atoms with Crippen LogP contribution in [0.1, 0.15) is 0 Å². The van der Waals surface area contributed by atoms with Crippen LogP contribution >= 0.6 is 61.1 Å². The van der Waals surface area contributed by atoms with Crippen molar-refractivity contribution < 1.29 is 0 Å². The highest BCUT2D eigenvalue weighted by Gasteiger charge is 1.79. The molecule has 0 saturated carbocycles. The van der Waals surface area contributed by atoms with E-state index < -0.39 is 0 Å². The quantitative estimate of drug-likeness (QED) is 0.592. The first kappa shape index (κ1) is 5.94. The predicted octanol–water partition coefficient (Wildman–Crippen LogP) is 2.70. The second-order valence-electron chi connectivity index (χ2n) is 0.214. The molecule has 1 radical (unpaired) electrons. The highest BCUT2D eigenvalue weighted by molar-refractivity contribution is 14.2. The van der Waals surface area contributed by atoms with Crippen molar-refractivity contribution in [3.63, 3.8) is 0 Å². The van der Waals surface area contributed by atoms with E-state index in [0.717, 1.165) is 0 Å². The first-order chi connectivity index (χ1) is 1.73. The van der Waals surface area contributed by atoms with Crippen molar-refractivity contribution in [2.24, 2.45) is 0 Å². The standard InChI is InChI=1S/CBrI2/c2-1(3)4. The Labute approximate surface area is 61.1 Å². The highest BCUT2D eigenvalue weighted by atomic mass is 127. The molecular weight excluding hydrogens is 346 g/mol. The van der Waals surface area contributed by atoms with E-state index in [1.165, 1.54) is 0.841 Å². The van der Waals surface area contributed by atoms with Crippen LogP contribution in [0.15, 0.2) is 0 Å². The lowest BCUT2D eigenvalue weighted by Crippen LogP contribution is -1.30. The minimum absolute atomic E-state index is 1.17. The Hall–Kier alpha value is 1.94. The van der Waals surface area contributed by atoms with Crippen LogP contribution in [0.3, 0.4) is 0 Å². The molecule has 0 atom stereocenters.